The number of ether oxygens (including phenoxy) is 1. The molecule has 2 rings (SSSR count). The summed E-state index contributed by atoms with van der Waals surface area (Å²) in [4.78, 5) is 10.3. The monoisotopic (exact) mass is 288 g/mol. The number of non-ortho nitro benzene ring substituents is 1. The van der Waals surface area contributed by atoms with Crippen molar-refractivity contribution in [2.45, 2.75) is 13.0 Å². The molecule has 2 aromatic carbocycles. The SMILES string of the molecule is COc1ccc(C(C)Nc2cccc([N+](=O)[O-])c2)c(O)c1. The number of benzene rings is 2. The minimum Gasteiger partial charge on any atom is -0.507 e. The van der Waals surface area contributed by atoms with Crippen molar-refractivity contribution in [3.8, 4) is 11.5 Å². The molecule has 1 atom stereocenters. The van der Waals surface area contributed by atoms with Gasteiger partial charge in [0.05, 0.1) is 18.1 Å². The van der Waals surface area contributed by atoms with Gasteiger partial charge in [0, 0.05) is 29.4 Å². The van der Waals surface area contributed by atoms with E-state index < -0.39 is 4.92 Å². The molecule has 6 nitrogen and oxygen atoms in total. The Kier molecular flexibility index (Phi) is 4.27. The number of rotatable bonds is 5. The van der Waals surface area contributed by atoms with Gasteiger partial charge < -0.3 is 15.2 Å². The Balaban J connectivity index is 2.19. The standard InChI is InChI=1S/C15H16N2O4/c1-10(14-7-6-13(21-2)9-15(14)18)16-11-4-3-5-12(8-11)17(19)20/h3-10,16,18H,1-2H3. The van der Waals surface area contributed by atoms with Gasteiger partial charge in [-0.3, -0.25) is 10.1 Å². The van der Waals surface area contributed by atoms with Gasteiger partial charge in [-0.05, 0) is 25.1 Å². The van der Waals surface area contributed by atoms with Gasteiger partial charge in [-0.15, -0.1) is 0 Å². The molecule has 2 N–H and O–H groups in total. The topological polar surface area (TPSA) is 84.6 Å². The van der Waals surface area contributed by atoms with E-state index in [-0.39, 0.29) is 17.5 Å². The number of anilines is 1. The third-order valence-corrected chi connectivity index (χ3v) is 3.14. The summed E-state index contributed by atoms with van der Waals surface area (Å²) in [6.07, 6.45) is 0. The second kappa shape index (κ2) is 6.13. The van der Waals surface area contributed by atoms with E-state index >= 15 is 0 Å². The maximum Gasteiger partial charge on any atom is 0.271 e. The van der Waals surface area contributed by atoms with Crippen LogP contribution in [0.2, 0.25) is 0 Å². The Morgan fingerprint density at radius 2 is 2.05 bits per heavy atom. The van der Waals surface area contributed by atoms with Gasteiger partial charge in [0.15, 0.2) is 0 Å². The summed E-state index contributed by atoms with van der Waals surface area (Å²) >= 11 is 0. The zero-order valence-corrected chi connectivity index (χ0v) is 11.7. The van der Waals surface area contributed by atoms with Crippen LogP contribution >= 0.6 is 0 Å². The Hall–Kier alpha value is -2.76. The highest BCUT2D eigenvalue weighted by Crippen LogP contribution is 2.30. The lowest BCUT2D eigenvalue weighted by atomic mass is 10.1. The Labute approximate surface area is 122 Å². The molecule has 0 aliphatic rings. The molecule has 0 aliphatic heterocycles. The van der Waals surface area contributed by atoms with Gasteiger partial charge in [0.2, 0.25) is 0 Å². The number of methoxy groups -OCH3 is 1. The van der Waals surface area contributed by atoms with Crippen molar-refractivity contribution >= 4 is 11.4 Å². The van der Waals surface area contributed by atoms with E-state index in [1.165, 1.54) is 25.3 Å². The average molecular weight is 288 g/mol. The first-order valence-electron chi connectivity index (χ1n) is 6.39. The van der Waals surface area contributed by atoms with Gasteiger partial charge in [-0.25, -0.2) is 0 Å². The smallest absolute Gasteiger partial charge is 0.271 e. The lowest BCUT2D eigenvalue weighted by Crippen LogP contribution is -2.07. The molecular weight excluding hydrogens is 272 g/mol. The molecule has 0 aromatic heterocycles. The average Bonchev–Trinajstić information content (AvgIpc) is 2.47. The maximum atomic E-state index is 10.8. The Morgan fingerprint density at radius 1 is 1.29 bits per heavy atom. The highest BCUT2D eigenvalue weighted by atomic mass is 16.6. The van der Waals surface area contributed by atoms with Crippen LogP contribution < -0.4 is 10.1 Å². The molecule has 0 aliphatic carbocycles. The molecule has 0 fully saturated rings. The molecule has 0 heterocycles. The second-order valence-electron chi connectivity index (χ2n) is 4.60. The second-order valence-corrected chi connectivity index (χ2v) is 4.60. The van der Waals surface area contributed by atoms with E-state index in [1.54, 1.807) is 24.3 Å². The van der Waals surface area contributed by atoms with Gasteiger partial charge in [0.1, 0.15) is 11.5 Å². The van der Waals surface area contributed by atoms with Gasteiger partial charge in [-0.1, -0.05) is 6.07 Å². The van der Waals surface area contributed by atoms with Crippen LogP contribution in [0, 0.1) is 10.1 Å². The van der Waals surface area contributed by atoms with Gasteiger partial charge in [0.25, 0.3) is 5.69 Å². The number of nitrogens with zero attached hydrogens (tertiary/aromatic N) is 1. The molecule has 0 saturated heterocycles. The Bertz CT molecular complexity index is 658. The first-order chi connectivity index (χ1) is 10.0. The fourth-order valence-electron chi connectivity index (χ4n) is 2.05. The maximum absolute atomic E-state index is 10.8. The summed E-state index contributed by atoms with van der Waals surface area (Å²) in [5.74, 6) is 0.679. The summed E-state index contributed by atoms with van der Waals surface area (Å²) in [7, 11) is 1.53. The van der Waals surface area contributed by atoms with Crippen LogP contribution in [-0.2, 0) is 0 Å². The summed E-state index contributed by atoms with van der Waals surface area (Å²) in [5, 5.41) is 23.9. The van der Waals surface area contributed by atoms with Crippen LogP contribution in [0.5, 0.6) is 11.5 Å². The van der Waals surface area contributed by atoms with Crippen molar-refractivity contribution in [1.82, 2.24) is 0 Å². The summed E-state index contributed by atoms with van der Waals surface area (Å²) in [5.41, 5.74) is 1.32. The normalized spacial score (nSPS) is 11.7. The lowest BCUT2D eigenvalue weighted by molar-refractivity contribution is -0.384. The molecule has 1 unspecified atom stereocenters. The van der Waals surface area contributed by atoms with E-state index in [0.717, 1.165) is 0 Å². The van der Waals surface area contributed by atoms with Crippen LogP contribution in [-0.4, -0.2) is 17.1 Å². The summed E-state index contributed by atoms with van der Waals surface area (Å²) in [6.45, 7) is 1.86. The molecule has 0 amide bonds. The van der Waals surface area contributed by atoms with Crippen LogP contribution in [0.15, 0.2) is 42.5 Å². The largest absolute Gasteiger partial charge is 0.507 e. The number of nitrogens with one attached hydrogen (secondary N) is 1. The lowest BCUT2D eigenvalue weighted by Gasteiger charge is -2.17. The highest BCUT2D eigenvalue weighted by molar-refractivity contribution is 5.53. The minimum atomic E-state index is -0.444. The molecule has 0 bridgehead atoms. The van der Waals surface area contributed by atoms with Gasteiger partial charge in [-0.2, -0.15) is 0 Å². The van der Waals surface area contributed by atoms with E-state index in [1.807, 2.05) is 6.92 Å². The fourth-order valence-corrected chi connectivity index (χ4v) is 2.05. The quantitative estimate of drug-likeness (QED) is 0.650. The van der Waals surface area contributed by atoms with Crippen LogP contribution in [0.3, 0.4) is 0 Å². The summed E-state index contributed by atoms with van der Waals surface area (Å²) < 4.78 is 5.03. The Morgan fingerprint density at radius 3 is 2.67 bits per heavy atom. The zero-order chi connectivity index (χ0) is 15.4. The molecule has 110 valence electrons. The first kappa shape index (κ1) is 14.6. The molecule has 0 saturated carbocycles. The zero-order valence-electron chi connectivity index (χ0n) is 11.7. The van der Waals surface area contributed by atoms with Crippen LogP contribution in [0.25, 0.3) is 0 Å². The summed E-state index contributed by atoms with van der Waals surface area (Å²) in [6, 6.07) is 11.1. The van der Waals surface area contributed by atoms with Crippen molar-refractivity contribution < 1.29 is 14.8 Å². The number of hydrogen-bond acceptors (Lipinski definition) is 5. The third kappa shape index (κ3) is 3.42. The number of hydrogen-bond donors (Lipinski definition) is 2. The molecule has 6 heteroatoms. The molecule has 21 heavy (non-hydrogen) atoms. The van der Waals surface area contributed by atoms with Crippen molar-refractivity contribution in [3.63, 3.8) is 0 Å². The number of aromatic hydroxyl groups is 1. The third-order valence-electron chi connectivity index (χ3n) is 3.14. The van der Waals surface area contributed by atoms with Crippen molar-refractivity contribution in [1.29, 1.82) is 0 Å². The first-order valence-corrected chi connectivity index (χ1v) is 6.39. The van der Waals surface area contributed by atoms with Crippen LogP contribution in [0.4, 0.5) is 11.4 Å². The predicted molar refractivity (Wildman–Crippen MR) is 79.8 cm³/mol. The van der Waals surface area contributed by atoms with E-state index in [9.17, 15) is 15.2 Å². The number of nitro benzene ring substituents is 1. The molecule has 2 aromatic rings. The van der Waals surface area contributed by atoms with E-state index in [0.29, 0.717) is 17.0 Å². The number of nitro groups is 1. The highest BCUT2D eigenvalue weighted by Gasteiger charge is 2.13. The van der Waals surface area contributed by atoms with E-state index in [2.05, 4.69) is 5.32 Å². The minimum absolute atomic E-state index is 0.0196. The van der Waals surface area contributed by atoms with Gasteiger partial charge >= 0.3 is 0 Å². The molecular formula is C15H16N2O4. The van der Waals surface area contributed by atoms with Crippen molar-refractivity contribution in [2.24, 2.45) is 0 Å². The number of phenolic OH excluding ortho intramolecular Hbond substituents is 1. The fraction of sp³-hybridized carbons (Fsp3) is 0.200. The van der Waals surface area contributed by atoms with Crippen molar-refractivity contribution in [3.05, 3.63) is 58.1 Å². The molecule has 0 radical (unpaired) electrons. The number of phenols is 1. The molecule has 0 spiro atoms. The van der Waals surface area contributed by atoms with E-state index in [4.69, 9.17) is 4.74 Å². The van der Waals surface area contributed by atoms with Crippen LogP contribution in [0.1, 0.15) is 18.5 Å². The predicted octanol–water partition coefficient (Wildman–Crippen LogP) is 3.48. The van der Waals surface area contributed by atoms with Crippen molar-refractivity contribution in [2.75, 3.05) is 12.4 Å².